The number of nitrogens with zero attached hydrogens (tertiary/aromatic N) is 1. The summed E-state index contributed by atoms with van der Waals surface area (Å²) in [6.45, 7) is 2.40. The highest BCUT2D eigenvalue weighted by atomic mass is 16.5. The number of nitrogens with one attached hydrogen (secondary N) is 1. The van der Waals surface area contributed by atoms with Crippen molar-refractivity contribution >= 4 is 5.91 Å². The second-order valence-electron chi connectivity index (χ2n) is 4.18. The maximum atomic E-state index is 12.0. The van der Waals surface area contributed by atoms with Crippen LogP contribution in [0.5, 0.6) is 0 Å². The largest absolute Gasteiger partial charge is 0.383 e. The van der Waals surface area contributed by atoms with E-state index in [0.717, 1.165) is 0 Å². The molecule has 1 aliphatic heterocycles. The topological polar surface area (TPSA) is 50.8 Å². The van der Waals surface area contributed by atoms with E-state index in [1.54, 1.807) is 19.2 Å². The molecule has 0 spiro atoms. The van der Waals surface area contributed by atoms with Gasteiger partial charge < -0.3 is 9.47 Å². The SMILES string of the molecule is COC[C@H]1COCCN1NC(=O)c1ccccc1. The van der Waals surface area contributed by atoms with Gasteiger partial charge in [0.1, 0.15) is 0 Å². The Morgan fingerprint density at radius 1 is 1.50 bits per heavy atom. The van der Waals surface area contributed by atoms with Crippen molar-refractivity contribution in [2.45, 2.75) is 6.04 Å². The molecule has 5 nitrogen and oxygen atoms in total. The molecule has 1 saturated heterocycles. The third-order valence-corrected chi connectivity index (χ3v) is 2.87. The van der Waals surface area contributed by atoms with Crippen LogP contribution < -0.4 is 5.43 Å². The zero-order valence-corrected chi connectivity index (χ0v) is 10.5. The lowest BCUT2D eigenvalue weighted by molar-refractivity contribution is -0.0535. The number of carbonyl (C=O) groups is 1. The predicted molar refractivity (Wildman–Crippen MR) is 67.1 cm³/mol. The van der Waals surface area contributed by atoms with Gasteiger partial charge in [0.25, 0.3) is 5.91 Å². The molecule has 98 valence electrons. The minimum Gasteiger partial charge on any atom is -0.383 e. The van der Waals surface area contributed by atoms with Crippen LogP contribution in [0.2, 0.25) is 0 Å². The molecule has 1 heterocycles. The molecule has 1 amide bonds. The van der Waals surface area contributed by atoms with Crippen LogP contribution in [0.15, 0.2) is 30.3 Å². The number of methoxy groups -OCH3 is 1. The molecule has 1 N–H and O–H groups in total. The summed E-state index contributed by atoms with van der Waals surface area (Å²) in [6, 6.07) is 9.24. The lowest BCUT2D eigenvalue weighted by Gasteiger charge is -2.34. The van der Waals surface area contributed by atoms with Crippen molar-refractivity contribution in [3.8, 4) is 0 Å². The number of hydrogen-bond donors (Lipinski definition) is 1. The Balaban J connectivity index is 1.96. The van der Waals surface area contributed by atoms with Gasteiger partial charge in [-0.15, -0.1) is 0 Å². The Hall–Kier alpha value is -1.43. The van der Waals surface area contributed by atoms with Crippen molar-refractivity contribution in [1.82, 2.24) is 10.4 Å². The van der Waals surface area contributed by atoms with Crippen molar-refractivity contribution in [1.29, 1.82) is 0 Å². The predicted octanol–water partition coefficient (Wildman–Crippen LogP) is 0.679. The third-order valence-electron chi connectivity index (χ3n) is 2.87. The van der Waals surface area contributed by atoms with Crippen LogP contribution in [-0.2, 0) is 9.47 Å². The molecule has 1 aromatic rings. The first-order chi connectivity index (χ1) is 8.81. The molecule has 0 radical (unpaired) electrons. The maximum Gasteiger partial charge on any atom is 0.265 e. The van der Waals surface area contributed by atoms with Crippen molar-refractivity contribution < 1.29 is 14.3 Å². The zero-order chi connectivity index (χ0) is 12.8. The number of ether oxygens (including phenoxy) is 2. The van der Waals surface area contributed by atoms with Gasteiger partial charge in [-0.3, -0.25) is 10.2 Å². The summed E-state index contributed by atoms with van der Waals surface area (Å²) in [4.78, 5) is 12.0. The van der Waals surface area contributed by atoms with Crippen LogP contribution in [0.1, 0.15) is 10.4 Å². The average Bonchev–Trinajstić information content (AvgIpc) is 2.42. The zero-order valence-electron chi connectivity index (χ0n) is 10.5. The van der Waals surface area contributed by atoms with Crippen molar-refractivity contribution in [2.24, 2.45) is 0 Å². The first-order valence-electron chi connectivity index (χ1n) is 6.00. The summed E-state index contributed by atoms with van der Waals surface area (Å²) in [5.74, 6) is -0.0985. The van der Waals surface area contributed by atoms with Gasteiger partial charge in [-0.25, -0.2) is 5.01 Å². The standard InChI is InChI=1S/C13H18N2O3/c1-17-9-12-10-18-8-7-15(12)14-13(16)11-5-3-2-4-6-11/h2-6,12H,7-10H2,1H3,(H,14,16)/t12-/m0/s1. The summed E-state index contributed by atoms with van der Waals surface area (Å²) < 4.78 is 10.5. The van der Waals surface area contributed by atoms with Gasteiger partial charge in [-0.2, -0.15) is 0 Å². The van der Waals surface area contributed by atoms with E-state index in [1.807, 2.05) is 23.2 Å². The van der Waals surface area contributed by atoms with Gasteiger partial charge in [-0.05, 0) is 12.1 Å². The van der Waals surface area contributed by atoms with E-state index in [4.69, 9.17) is 9.47 Å². The number of rotatable bonds is 4. The highest BCUT2D eigenvalue weighted by Gasteiger charge is 2.24. The molecular formula is C13H18N2O3. The molecule has 0 aromatic heterocycles. The first-order valence-corrected chi connectivity index (χ1v) is 6.00. The van der Waals surface area contributed by atoms with Crippen molar-refractivity contribution in [2.75, 3.05) is 33.5 Å². The Bertz CT molecular complexity index is 381. The fourth-order valence-corrected chi connectivity index (χ4v) is 1.92. The number of hydrogen-bond acceptors (Lipinski definition) is 4. The normalized spacial score (nSPS) is 20.6. The number of morpholine rings is 1. The lowest BCUT2D eigenvalue weighted by Crippen LogP contribution is -2.56. The van der Waals surface area contributed by atoms with Crippen molar-refractivity contribution in [3.05, 3.63) is 35.9 Å². The fraction of sp³-hybridized carbons (Fsp3) is 0.462. The number of amides is 1. The van der Waals surface area contributed by atoms with E-state index in [1.165, 1.54) is 0 Å². The van der Waals surface area contributed by atoms with Crippen LogP contribution in [0.4, 0.5) is 0 Å². The second-order valence-corrected chi connectivity index (χ2v) is 4.18. The molecule has 1 aliphatic rings. The van der Waals surface area contributed by atoms with E-state index in [2.05, 4.69) is 5.43 Å². The molecule has 0 unspecified atom stereocenters. The maximum absolute atomic E-state index is 12.0. The van der Waals surface area contributed by atoms with Gasteiger partial charge in [0.05, 0.1) is 25.9 Å². The first kappa shape index (κ1) is 13.0. The van der Waals surface area contributed by atoms with Crippen molar-refractivity contribution in [3.63, 3.8) is 0 Å². The minimum absolute atomic E-state index is 0.0661. The molecule has 1 fully saturated rings. The molecule has 0 saturated carbocycles. The lowest BCUT2D eigenvalue weighted by atomic mass is 10.2. The third kappa shape index (κ3) is 3.29. The Morgan fingerprint density at radius 3 is 3.00 bits per heavy atom. The Morgan fingerprint density at radius 2 is 2.28 bits per heavy atom. The summed E-state index contributed by atoms with van der Waals surface area (Å²) >= 11 is 0. The van der Waals surface area contributed by atoms with Gasteiger partial charge in [0, 0.05) is 19.2 Å². The molecule has 18 heavy (non-hydrogen) atoms. The van der Waals surface area contributed by atoms with Gasteiger partial charge >= 0.3 is 0 Å². The van der Waals surface area contributed by atoms with E-state index in [9.17, 15) is 4.79 Å². The summed E-state index contributed by atoms with van der Waals surface area (Å²) in [7, 11) is 1.64. The number of carbonyl (C=O) groups excluding carboxylic acids is 1. The van der Waals surface area contributed by atoms with Gasteiger partial charge in [0.2, 0.25) is 0 Å². The van der Waals surface area contributed by atoms with E-state index in [0.29, 0.717) is 31.9 Å². The minimum atomic E-state index is -0.0985. The molecule has 2 rings (SSSR count). The summed E-state index contributed by atoms with van der Waals surface area (Å²) in [6.07, 6.45) is 0. The van der Waals surface area contributed by atoms with E-state index >= 15 is 0 Å². The Kier molecular flexibility index (Phi) is 4.69. The Labute approximate surface area is 107 Å². The smallest absolute Gasteiger partial charge is 0.265 e. The fourth-order valence-electron chi connectivity index (χ4n) is 1.92. The quantitative estimate of drug-likeness (QED) is 0.853. The van der Waals surface area contributed by atoms with Crippen LogP contribution >= 0.6 is 0 Å². The van der Waals surface area contributed by atoms with Gasteiger partial charge in [-0.1, -0.05) is 18.2 Å². The molecule has 0 aliphatic carbocycles. The monoisotopic (exact) mass is 250 g/mol. The number of benzene rings is 1. The molecule has 1 aromatic carbocycles. The summed E-state index contributed by atoms with van der Waals surface area (Å²) in [5.41, 5.74) is 3.56. The molecule has 0 bridgehead atoms. The van der Waals surface area contributed by atoms with Crippen LogP contribution in [-0.4, -0.2) is 50.4 Å². The van der Waals surface area contributed by atoms with Gasteiger partial charge in [0.15, 0.2) is 0 Å². The highest BCUT2D eigenvalue weighted by Crippen LogP contribution is 2.06. The van der Waals surface area contributed by atoms with Crippen LogP contribution in [0.25, 0.3) is 0 Å². The molecule has 1 atom stereocenters. The highest BCUT2D eigenvalue weighted by molar-refractivity contribution is 5.93. The van der Waals surface area contributed by atoms with Crippen LogP contribution in [0, 0.1) is 0 Å². The second kappa shape index (κ2) is 6.49. The molecular weight excluding hydrogens is 232 g/mol. The van der Waals surface area contributed by atoms with E-state index in [-0.39, 0.29) is 11.9 Å². The average molecular weight is 250 g/mol. The molecule has 5 heteroatoms. The van der Waals surface area contributed by atoms with Crippen LogP contribution in [0.3, 0.4) is 0 Å². The number of hydrazine groups is 1. The van der Waals surface area contributed by atoms with E-state index < -0.39 is 0 Å². The summed E-state index contributed by atoms with van der Waals surface area (Å²) in [5, 5.41) is 1.89.